The van der Waals surface area contributed by atoms with E-state index in [-0.39, 0.29) is 0 Å². The second-order valence-electron chi connectivity index (χ2n) is 4.11. The minimum atomic E-state index is -5.01. The van der Waals surface area contributed by atoms with E-state index in [1.807, 2.05) is 0 Å². The number of carbonyl (C=O) groups is 1. The van der Waals surface area contributed by atoms with Gasteiger partial charge >= 0.3 is 8.80 Å². The molecule has 0 bridgehead atoms. The maximum atomic E-state index is 13.9. The summed E-state index contributed by atoms with van der Waals surface area (Å²) in [5, 5.41) is -3.31. The summed E-state index contributed by atoms with van der Waals surface area (Å²) < 4.78 is 76.2. The molecule has 1 aromatic rings. The lowest BCUT2D eigenvalue weighted by Gasteiger charge is -2.36. The first kappa shape index (κ1) is 18.4. The van der Waals surface area contributed by atoms with Gasteiger partial charge in [-0.3, -0.25) is 4.79 Å². The standard InChI is InChI=1S/C10H11F5N2O4Si/c1-20-22(19,21-2)10(17,9(16)18)3-4(11)6(13)8(15)7(14)5(3)12/h19H,17H2,1-2H3,(H2,16,18). The quantitative estimate of drug-likeness (QED) is 0.296. The Morgan fingerprint density at radius 3 is 1.59 bits per heavy atom. The van der Waals surface area contributed by atoms with Gasteiger partial charge in [0, 0.05) is 14.2 Å². The second kappa shape index (κ2) is 5.89. The number of nitrogens with two attached hydrogens (primary N) is 2. The lowest BCUT2D eigenvalue weighted by molar-refractivity contribution is -0.123. The summed E-state index contributed by atoms with van der Waals surface area (Å²) in [7, 11) is -3.50. The van der Waals surface area contributed by atoms with Crippen molar-refractivity contribution in [2.24, 2.45) is 11.5 Å². The Morgan fingerprint density at radius 2 is 1.32 bits per heavy atom. The van der Waals surface area contributed by atoms with E-state index in [1.54, 1.807) is 0 Å². The zero-order valence-electron chi connectivity index (χ0n) is 11.2. The number of amides is 1. The van der Waals surface area contributed by atoms with E-state index < -0.39 is 54.5 Å². The fourth-order valence-corrected chi connectivity index (χ4v) is 3.45. The molecule has 1 aromatic carbocycles. The van der Waals surface area contributed by atoms with E-state index in [0.29, 0.717) is 0 Å². The van der Waals surface area contributed by atoms with Gasteiger partial charge in [0.15, 0.2) is 28.4 Å². The monoisotopic (exact) mass is 346 g/mol. The van der Waals surface area contributed by atoms with Gasteiger partial charge in [0.25, 0.3) is 0 Å². The minimum Gasteiger partial charge on any atom is -0.388 e. The maximum absolute atomic E-state index is 13.9. The molecule has 124 valence electrons. The molecule has 0 fully saturated rings. The van der Waals surface area contributed by atoms with E-state index in [2.05, 4.69) is 8.85 Å². The van der Waals surface area contributed by atoms with Crippen molar-refractivity contribution in [3.05, 3.63) is 34.6 Å². The fourth-order valence-electron chi connectivity index (χ4n) is 1.79. The van der Waals surface area contributed by atoms with Gasteiger partial charge in [-0.25, -0.2) is 22.0 Å². The van der Waals surface area contributed by atoms with E-state index in [9.17, 15) is 31.5 Å². The molecule has 0 aliphatic rings. The molecule has 22 heavy (non-hydrogen) atoms. The summed E-state index contributed by atoms with van der Waals surface area (Å²) in [4.78, 5) is 21.6. The number of carbonyl (C=O) groups excluding carboxylic acids is 1. The Labute approximate surface area is 121 Å². The first-order valence-corrected chi connectivity index (χ1v) is 7.19. The minimum absolute atomic E-state index is 0.756. The molecule has 1 unspecified atom stereocenters. The van der Waals surface area contributed by atoms with Crippen LogP contribution in [-0.4, -0.2) is 33.7 Å². The van der Waals surface area contributed by atoms with Crippen molar-refractivity contribution >= 4 is 14.7 Å². The Hall–Kier alpha value is -1.60. The van der Waals surface area contributed by atoms with Gasteiger partial charge in [-0.1, -0.05) is 0 Å². The van der Waals surface area contributed by atoms with Crippen LogP contribution in [0.4, 0.5) is 22.0 Å². The molecule has 6 nitrogen and oxygen atoms in total. The number of hydrogen-bond donors (Lipinski definition) is 3. The Morgan fingerprint density at radius 1 is 1.00 bits per heavy atom. The first-order chi connectivity index (χ1) is 9.99. The SMILES string of the molecule is CO[Si](O)(OC)C(N)(C(N)=O)c1c(F)c(F)c(F)c(F)c1F. The number of primary amides is 1. The van der Waals surface area contributed by atoms with Crippen LogP contribution in [-0.2, 0) is 18.8 Å². The third-order valence-electron chi connectivity index (χ3n) is 3.04. The van der Waals surface area contributed by atoms with Crippen LogP contribution in [0.25, 0.3) is 0 Å². The van der Waals surface area contributed by atoms with Crippen molar-refractivity contribution in [2.45, 2.75) is 5.16 Å². The Kier molecular flexibility index (Phi) is 4.93. The molecule has 0 radical (unpaired) electrons. The van der Waals surface area contributed by atoms with Crippen LogP contribution >= 0.6 is 0 Å². The molecule has 0 aliphatic carbocycles. The van der Waals surface area contributed by atoms with Crippen LogP contribution in [0.2, 0.25) is 0 Å². The maximum Gasteiger partial charge on any atom is 0.533 e. The topological polar surface area (TPSA) is 108 Å². The van der Waals surface area contributed by atoms with Gasteiger partial charge < -0.3 is 25.1 Å². The van der Waals surface area contributed by atoms with Crippen LogP contribution in [0.1, 0.15) is 5.56 Å². The summed E-state index contributed by atoms with van der Waals surface area (Å²) in [5.74, 6) is -13.9. The molecule has 0 saturated carbocycles. The molecule has 5 N–H and O–H groups in total. The highest BCUT2D eigenvalue weighted by molar-refractivity contribution is 6.67. The normalized spacial score (nSPS) is 14.8. The summed E-state index contributed by atoms with van der Waals surface area (Å²) in [5.41, 5.74) is 8.46. The van der Waals surface area contributed by atoms with Crippen LogP contribution in [0.5, 0.6) is 0 Å². The average Bonchev–Trinajstić information content (AvgIpc) is 2.49. The molecule has 1 rings (SSSR count). The molecule has 0 heterocycles. The third-order valence-corrected chi connectivity index (χ3v) is 5.64. The highest BCUT2D eigenvalue weighted by Crippen LogP contribution is 2.35. The van der Waals surface area contributed by atoms with Crippen molar-refractivity contribution in [1.82, 2.24) is 0 Å². The van der Waals surface area contributed by atoms with Gasteiger partial charge in [0.05, 0.1) is 5.56 Å². The average molecular weight is 346 g/mol. The van der Waals surface area contributed by atoms with Gasteiger partial charge in [-0.05, 0) is 0 Å². The number of hydrogen-bond acceptors (Lipinski definition) is 5. The van der Waals surface area contributed by atoms with E-state index in [4.69, 9.17) is 11.5 Å². The smallest absolute Gasteiger partial charge is 0.388 e. The molecule has 0 saturated heterocycles. The van der Waals surface area contributed by atoms with Gasteiger partial charge in [0.2, 0.25) is 11.7 Å². The van der Waals surface area contributed by atoms with E-state index in [0.717, 1.165) is 14.2 Å². The van der Waals surface area contributed by atoms with Gasteiger partial charge in [-0.2, -0.15) is 0 Å². The number of benzene rings is 1. The van der Waals surface area contributed by atoms with Crippen molar-refractivity contribution in [3.63, 3.8) is 0 Å². The van der Waals surface area contributed by atoms with E-state index in [1.165, 1.54) is 0 Å². The first-order valence-electron chi connectivity index (χ1n) is 5.42. The van der Waals surface area contributed by atoms with Crippen molar-refractivity contribution in [3.8, 4) is 0 Å². The Balaban J connectivity index is 3.94. The van der Waals surface area contributed by atoms with Gasteiger partial charge in [-0.15, -0.1) is 0 Å². The van der Waals surface area contributed by atoms with Crippen LogP contribution < -0.4 is 11.5 Å². The van der Waals surface area contributed by atoms with Crippen molar-refractivity contribution in [2.75, 3.05) is 14.2 Å². The zero-order chi connectivity index (χ0) is 17.5. The zero-order valence-corrected chi connectivity index (χ0v) is 12.2. The summed E-state index contributed by atoms with van der Waals surface area (Å²) in [6.07, 6.45) is 0. The highest BCUT2D eigenvalue weighted by Gasteiger charge is 2.64. The second-order valence-corrected chi connectivity index (χ2v) is 6.88. The number of rotatable bonds is 5. The van der Waals surface area contributed by atoms with E-state index >= 15 is 0 Å². The summed E-state index contributed by atoms with van der Waals surface area (Å²) in [6, 6.07) is 0. The van der Waals surface area contributed by atoms with Gasteiger partial charge in [0.1, 0.15) is 0 Å². The van der Waals surface area contributed by atoms with Crippen LogP contribution in [0, 0.1) is 29.1 Å². The molecule has 0 aromatic heterocycles. The fraction of sp³-hybridized carbons (Fsp3) is 0.300. The largest absolute Gasteiger partial charge is 0.533 e. The molecule has 1 amide bonds. The molecule has 12 heteroatoms. The molecule has 1 atom stereocenters. The molecule has 0 aliphatic heterocycles. The molecule has 0 spiro atoms. The highest BCUT2D eigenvalue weighted by atomic mass is 28.4. The van der Waals surface area contributed by atoms with Crippen molar-refractivity contribution in [1.29, 1.82) is 0 Å². The molecular formula is C10H11F5N2O4Si. The number of halogens is 5. The third kappa shape index (κ3) is 2.28. The van der Waals surface area contributed by atoms with Crippen LogP contribution in [0.3, 0.4) is 0 Å². The lowest BCUT2D eigenvalue weighted by atomic mass is 10.0. The lowest BCUT2D eigenvalue weighted by Crippen LogP contribution is -2.71. The Bertz CT molecular complexity index is 599. The predicted molar refractivity (Wildman–Crippen MR) is 63.3 cm³/mol. The predicted octanol–water partition coefficient (Wildman–Crippen LogP) is -0.215. The molecular weight excluding hydrogens is 335 g/mol. The summed E-state index contributed by atoms with van der Waals surface area (Å²) >= 11 is 0. The summed E-state index contributed by atoms with van der Waals surface area (Å²) in [6.45, 7) is 0. The van der Waals surface area contributed by atoms with Crippen LogP contribution in [0.15, 0.2) is 0 Å². The van der Waals surface area contributed by atoms with Crippen molar-refractivity contribution < 1.29 is 40.4 Å².